The molecule has 3 rings (SSSR count). The molecule has 2 heterocycles. The molecule has 7 heteroatoms. The Hall–Kier alpha value is -2.05. The van der Waals surface area contributed by atoms with Gasteiger partial charge in [0.15, 0.2) is 0 Å². The van der Waals surface area contributed by atoms with Gasteiger partial charge in [-0.25, -0.2) is 4.79 Å². The number of primary amides is 1. The SMILES string of the molecule is NC(=O)N1CCCN(C(=O)C=Cc2sc3ccccc3c2Cl)CC1. The third-order valence-corrected chi connectivity index (χ3v) is 5.71. The summed E-state index contributed by atoms with van der Waals surface area (Å²) in [6.45, 7) is 2.17. The highest BCUT2D eigenvalue weighted by atomic mass is 35.5. The first-order valence-electron chi connectivity index (χ1n) is 7.74. The Bertz CT molecular complexity index is 802. The molecule has 1 aliphatic heterocycles. The van der Waals surface area contributed by atoms with Gasteiger partial charge in [0.1, 0.15) is 0 Å². The first kappa shape index (κ1) is 16.8. The second kappa shape index (κ2) is 7.23. The van der Waals surface area contributed by atoms with Crippen molar-refractivity contribution in [2.45, 2.75) is 6.42 Å². The summed E-state index contributed by atoms with van der Waals surface area (Å²) in [5.41, 5.74) is 5.30. The number of halogens is 1. The van der Waals surface area contributed by atoms with Crippen LogP contribution in [0.25, 0.3) is 16.2 Å². The summed E-state index contributed by atoms with van der Waals surface area (Å²) in [6.07, 6.45) is 4.05. The number of amides is 3. The van der Waals surface area contributed by atoms with Gasteiger partial charge in [-0.3, -0.25) is 4.79 Å². The second-order valence-electron chi connectivity index (χ2n) is 5.61. The Balaban J connectivity index is 1.70. The fourth-order valence-corrected chi connectivity index (χ4v) is 4.15. The van der Waals surface area contributed by atoms with Crippen molar-refractivity contribution in [1.82, 2.24) is 9.80 Å². The molecule has 0 bridgehead atoms. The zero-order valence-electron chi connectivity index (χ0n) is 13.1. The third-order valence-electron chi connectivity index (χ3n) is 4.06. The lowest BCUT2D eigenvalue weighted by molar-refractivity contribution is -0.125. The molecule has 2 aromatic rings. The van der Waals surface area contributed by atoms with E-state index in [0.29, 0.717) is 31.2 Å². The monoisotopic (exact) mass is 363 g/mol. The highest BCUT2D eigenvalue weighted by Crippen LogP contribution is 2.35. The van der Waals surface area contributed by atoms with Gasteiger partial charge >= 0.3 is 6.03 Å². The molecule has 1 aromatic carbocycles. The van der Waals surface area contributed by atoms with Crippen LogP contribution in [0.5, 0.6) is 0 Å². The van der Waals surface area contributed by atoms with Crippen LogP contribution in [0.1, 0.15) is 11.3 Å². The first-order valence-corrected chi connectivity index (χ1v) is 8.94. The van der Waals surface area contributed by atoms with E-state index in [4.69, 9.17) is 17.3 Å². The summed E-state index contributed by atoms with van der Waals surface area (Å²) in [5, 5.41) is 1.68. The molecule has 1 saturated heterocycles. The Morgan fingerprint density at radius 2 is 1.83 bits per heavy atom. The number of benzene rings is 1. The number of thiophene rings is 1. The molecular formula is C17H18ClN3O2S. The van der Waals surface area contributed by atoms with Crippen molar-refractivity contribution >= 4 is 51.0 Å². The van der Waals surface area contributed by atoms with E-state index < -0.39 is 6.03 Å². The molecule has 1 aromatic heterocycles. The standard InChI is InChI=1S/C17H18ClN3O2S/c18-16-12-4-1-2-5-13(12)24-14(16)6-7-15(22)20-8-3-9-21(11-10-20)17(19)23/h1-2,4-7H,3,8-11H2,(H2,19,23). The van der Waals surface area contributed by atoms with Gasteiger partial charge in [-0.05, 0) is 18.6 Å². The number of fused-ring (bicyclic) bond motifs is 1. The topological polar surface area (TPSA) is 66.6 Å². The quantitative estimate of drug-likeness (QED) is 0.833. The minimum Gasteiger partial charge on any atom is -0.351 e. The second-order valence-corrected chi connectivity index (χ2v) is 7.08. The van der Waals surface area contributed by atoms with E-state index in [0.717, 1.165) is 21.4 Å². The van der Waals surface area contributed by atoms with Crippen molar-refractivity contribution in [3.05, 3.63) is 40.2 Å². The maximum Gasteiger partial charge on any atom is 0.314 e. The van der Waals surface area contributed by atoms with Crippen LogP contribution in [0.3, 0.4) is 0 Å². The zero-order chi connectivity index (χ0) is 17.1. The number of carbonyl (C=O) groups excluding carboxylic acids is 2. The number of urea groups is 1. The molecule has 3 amide bonds. The van der Waals surface area contributed by atoms with Gasteiger partial charge in [-0.15, -0.1) is 11.3 Å². The number of rotatable bonds is 2. The molecule has 1 aliphatic rings. The van der Waals surface area contributed by atoms with Gasteiger partial charge in [0.05, 0.1) is 5.02 Å². The van der Waals surface area contributed by atoms with Crippen molar-refractivity contribution < 1.29 is 9.59 Å². The minimum absolute atomic E-state index is 0.0742. The normalized spacial score (nSPS) is 15.9. The lowest BCUT2D eigenvalue weighted by Crippen LogP contribution is -2.39. The fraction of sp³-hybridized carbons (Fsp3) is 0.294. The largest absolute Gasteiger partial charge is 0.351 e. The summed E-state index contributed by atoms with van der Waals surface area (Å²) >= 11 is 7.94. The van der Waals surface area contributed by atoms with Gasteiger partial charge < -0.3 is 15.5 Å². The lowest BCUT2D eigenvalue weighted by Gasteiger charge is -2.19. The molecule has 0 aliphatic carbocycles. The third kappa shape index (κ3) is 3.55. The summed E-state index contributed by atoms with van der Waals surface area (Å²) in [4.78, 5) is 27.8. The Labute approximate surface area is 149 Å². The molecule has 5 nitrogen and oxygen atoms in total. The van der Waals surface area contributed by atoms with Gasteiger partial charge in [0.25, 0.3) is 0 Å². The van der Waals surface area contributed by atoms with Crippen molar-refractivity contribution in [2.75, 3.05) is 26.2 Å². The average molecular weight is 364 g/mol. The number of nitrogens with zero attached hydrogens (tertiary/aromatic N) is 2. The van der Waals surface area contributed by atoms with E-state index in [1.54, 1.807) is 33.3 Å². The molecule has 0 radical (unpaired) electrons. The maximum absolute atomic E-state index is 12.4. The molecule has 0 unspecified atom stereocenters. The van der Waals surface area contributed by atoms with E-state index in [9.17, 15) is 9.59 Å². The van der Waals surface area contributed by atoms with Crippen LogP contribution in [0, 0.1) is 0 Å². The predicted octanol–water partition coefficient (Wildman–Crippen LogP) is 3.18. The number of hydrogen-bond donors (Lipinski definition) is 1. The predicted molar refractivity (Wildman–Crippen MR) is 98.2 cm³/mol. The van der Waals surface area contributed by atoms with Crippen LogP contribution in [-0.4, -0.2) is 47.9 Å². The zero-order valence-corrected chi connectivity index (χ0v) is 14.6. The summed E-state index contributed by atoms with van der Waals surface area (Å²) < 4.78 is 1.10. The van der Waals surface area contributed by atoms with Crippen LogP contribution in [-0.2, 0) is 4.79 Å². The smallest absolute Gasteiger partial charge is 0.314 e. The van der Waals surface area contributed by atoms with E-state index in [2.05, 4.69) is 0 Å². The summed E-state index contributed by atoms with van der Waals surface area (Å²) in [6, 6.07) is 7.47. The van der Waals surface area contributed by atoms with E-state index in [1.807, 2.05) is 24.3 Å². The molecule has 24 heavy (non-hydrogen) atoms. The Morgan fingerprint density at radius 1 is 1.12 bits per heavy atom. The molecule has 2 N–H and O–H groups in total. The van der Waals surface area contributed by atoms with Crippen molar-refractivity contribution in [1.29, 1.82) is 0 Å². The molecule has 126 valence electrons. The number of hydrogen-bond acceptors (Lipinski definition) is 3. The Kier molecular flexibility index (Phi) is 5.06. The first-order chi connectivity index (χ1) is 11.6. The van der Waals surface area contributed by atoms with E-state index >= 15 is 0 Å². The number of nitrogens with two attached hydrogens (primary N) is 1. The average Bonchev–Trinajstić information content (AvgIpc) is 2.76. The molecular weight excluding hydrogens is 346 g/mol. The molecule has 0 atom stereocenters. The highest BCUT2D eigenvalue weighted by molar-refractivity contribution is 7.20. The van der Waals surface area contributed by atoms with Gasteiger partial charge in [-0.1, -0.05) is 29.8 Å². The Morgan fingerprint density at radius 3 is 2.58 bits per heavy atom. The van der Waals surface area contributed by atoms with Crippen LogP contribution in [0.2, 0.25) is 5.02 Å². The fourth-order valence-electron chi connectivity index (χ4n) is 2.75. The van der Waals surface area contributed by atoms with Crippen LogP contribution in [0.4, 0.5) is 4.79 Å². The minimum atomic E-state index is -0.433. The highest BCUT2D eigenvalue weighted by Gasteiger charge is 2.19. The van der Waals surface area contributed by atoms with E-state index in [-0.39, 0.29) is 5.91 Å². The lowest BCUT2D eigenvalue weighted by atomic mass is 10.2. The van der Waals surface area contributed by atoms with E-state index in [1.165, 1.54) is 0 Å². The van der Waals surface area contributed by atoms with Crippen molar-refractivity contribution in [3.8, 4) is 0 Å². The number of carbonyl (C=O) groups is 2. The molecule has 1 fully saturated rings. The summed E-state index contributed by atoms with van der Waals surface area (Å²) in [5.74, 6) is -0.0742. The van der Waals surface area contributed by atoms with Gasteiger partial charge in [0, 0.05) is 47.2 Å². The van der Waals surface area contributed by atoms with Crippen LogP contribution >= 0.6 is 22.9 Å². The molecule has 0 saturated carbocycles. The molecule has 0 spiro atoms. The van der Waals surface area contributed by atoms with Gasteiger partial charge in [-0.2, -0.15) is 0 Å². The maximum atomic E-state index is 12.4. The van der Waals surface area contributed by atoms with Gasteiger partial charge in [0.2, 0.25) is 5.91 Å². The van der Waals surface area contributed by atoms with Crippen LogP contribution in [0.15, 0.2) is 30.3 Å². The van der Waals surface area contributed by atoms with Crippen LogP contribution < -0.4 is 5.73 Å². The summed E-state index contributed by atoms with van der Waals surface area (Å²) in [7, 11) is 0. The van der Waals surface area contributed by atoms with Crippen molar-refractivity contribution in [2.24, 2.45) is 5.73 Å². The van der Waals surface area contributed by atoms with Crippen molar-refractivity contribution in [3.63, 3.8) is 0 Å².